The van der Waals surface area contributed by atoms with E-state index in [-0.39, 0.29) is 10.8 Å². The smallest absolute Gasteiger partial charge is 0.137 e. The monoisotopic (exact) mass is 1040 g/mol. The maximum Gasteiger partial charge on any atom is 0.137 e. The molecule has 4 heteroatoms. The highest BCUT2D eigenvalue weighted by atomic mass is 16.3. The standard InChI is InChI=1S/C37H37NO.C28H21NO.C11H12/c1-9-27-24(3)39-34-16-12-15-33(35(27)34)38(25-18-17-23(2)31(21-25)36(4,5)6)26-19-20-29-28-13-10-11-14-30(28)37(7,8)32(29)22-26;1-18-19(2)30-27-16-15-20(17-25(18)27)22-12-8-13-24-23-11-6-7-14-26(23)29(28(22)24)21-9-4-3-5-10-21;1-3-7-10(2)11-8-5-4-6-9-11/h9-22H,1H2,2-8H3;3-17H,1-2H3;3-9H,2H2,1H3/b;;7-3-. The van der Waals surface area contributed by atoms with Crippen molar-refractivity contribution in [2.45, 2.75) is 80.1 Å². The number of hydrogen-bond acceptors (Lipinski definition) is 3. The van der Waals surface area contributed by atoms with Crippen molar-refractivity contribution in [1.82, 2.24) is 4.57 Å². The van der Waals surface area contributed by atoms with Crippen molar-refractivity contribution in [3.63, 3.8) is 0 Å². The fraction of sp³-hybridized carbons (Fsp3) is 0.158. The third-order valence-electron chi connectivity index (χ3n) is 16.2. The van der Waals surface area contributed by atoms with E-state index in [0.717, 1.165) is 56.3 Å². The van der Waals surface area contributed by atoms with Gasteiger partial charge in [-0.15, -0.1) is 0 Å². The zero-order chi connectivity index (χ0) is 56.0. The maximum atomic E-state index is 6.20. The summed E-state index contributed by atoms with van der Waals surface area (Å²) in [6.45, 7) is 30.0. The third-order valence-corrected chi connectivity index (χ3v) is 16.2. The van der Waals surface area contributed by atoms with Crippen molar-refractivity contribution in [1.29, 1.82) is 0 Å². The second kappa shape index (κ2) is 21.3. The molecule has 396 valence electrons. The SMILES string of the molecule is C=C(/C=C\C)c1ccccc1.C=Cc1c(C)oc2cccc(N(c3ccc(C)c(C(C)(C)C)c3)c3ccc4c(c3)C(C)(C)c3ccccc3-4)c12.Cc1oc2ccc(-c3cccc4c5ccccc5n(-c5ccccc5)c34)cc2c1C. The molecule has 0 N–H and O–H groups in total. The van der Waals surface area contributed by atoms with Gasteiger partial charge < -0.3 is 18.3 Å². The van der Waals surface area contributed by atoms with E-state index in [1.807, 2.05) is 57.2 Å². The summed E-state index contributed by atoms with van der Waals surface area (Å²) in [4.78, 5) is 2.40. The fourth-order valence-electron chi connectivity index (χ4n) is 12.1. The minimum Gasteiger partial charge on any atom is -0.461 e. The Labute approximate surface area is 472 Å². The molecule has 9 aromatic carbocycles. The third kappa shape index (κ3) is 9.49. The Hall–Kier alpha value is -9.12. The lowest BCUT2D eigenvalue weighted by molar-refractivity contribution is 0.575. The van der Waals surface area contributed by atoms with Crippen LogP contribution in [-0.2, 0) is 10.8 Å². The first-order valence-electron chi connectivity index (χ1n) is 27.8. The van der Waals surface area contributed by atoms with Crippen LogP contribution in [0, 0.1) is 27.7 Å². The highest BCUT2D eigenvalue weighted by Gasteiger charge is 2.36. The van der Waals surface area contributed by atoms with Gasteiger partial charge >= 0.3 is 0 Å². The lowest BCUT2D eigenvalue weighted by Crippen LogP contribution is -2.18. The van der Waals surface area contributed by atoms with Crippen molar-refractivity contribution in [3.05, 3.63) is 276 Å². The second-order valence-electron chi connectivity index (χ2n) is 22.7. The van der Waals surface area contributed by atoms with Gasteiger partial charge in [-0.25, -0.2) is 0 Å². The molecule has 0 saturated heterocycles. The summed E-state index contributed by atoms with van der Waals surface area (Å²) in [5.41, 5.74) is 23.8. The molecule has 0 amide bonds. The molecular weight excluding hydrogens is 973 g/mol. The van der Waals surface area contributed by atoms with E-state index in [1.54, 1.807) is 0 Å². The Bertz CT molecular complexity index is 4340. The molecule has 0 saturated carbocycles. The number of aromatic nitrogens is 1. The van der Waals surface area contributed by atoms with Crippen molar-refractivity contribution < 1.29 is 8.83 Å². The molecule has 0 bridgehead atoms. The van der Waals surface area contributed by atoms with Crippen LogP contribution in [0.15, 0.2) is 234 Å². The first-order chi connectivity index (χ1) is 38.6. The van der Waals surface area contributed by atoms with Gasteiger partial charge in [0.1, 0.15) is 22.7 Å². The number of nitrogens with zero attached hydrogens (tertiary/aromatic N) is 2. The summed E-state index contributed by atoms with van der Waals surface area (Å²) in [6, 6.07) is 71.6. The van der Waals surface area contributed by atoms with Crippen LogP contribution >= 0.6 is 0 Å². The maximum absolute atomic E-state index is 6.20. The predicted octanol–water partition coefficient (Wildman–Crippen LogP) is 21.9. The predicted molar refractivity (Wildman–Crippen MR) is 342 cm³/mol. The number of aryl methyl sites for hydroxylation is 4. The summed E-state index contributed by atoms with van der Waals surface area (Å²) in [5, 5.41) is 4.82. The van der Waals surface area contributed by atoms with Crippen LogP contribution < -0.4 is 4.90 Å². The molecular formula is C76H70N2O2. The Morgan fingerprint density at radius 1 is 0.575 bits per heavy atom. The Balaban J connectivity index is 0.000000145. The normalized spacial score (nSPS) is 12.5. The van der Waals surface area contributed by atoms with Gasteiger partial charge in [0.05, 0.1) is 22.1 Å². The molecule has 0 radical (unpaired) electrons. The summed E-state index contributed by atoms with van der Waals surface area (Å²) < 4.78 is 14.5. The van der Waals surface area contributed by atoms with Gasteiger partial charge in [-0.2, -0.15) is 0 Å². The molecule has 0 aliphatic heterocycles. The van der Waals surface area contributed by atoms with Gasteiger partial charge in [-0.1, -0.05) is 199 Å². The molecule has 1 aliphatic carbocycles. The summed E-state index contributed by atoms with van der Waals surface area (Å²) in [5.74, 6) is 1.87. The first-order valence-corrected chi connectivity index (χ1v) is 27.8. The quantitative estimate of drug-likeness (QED) is 0.142. The van der Waals surface area contributed by atoms with Crippen LogP contribution in [-0.4, -0.2) is 4.57 Å². The van der Waals surface area contributed by atoms with E-state index >= 15 is 0 Å². The molecule has 13 rings (SSSR count). The largest absolute Gasteiger partial charge is 0.461 e. The summed E-state index contributed by atoms with van der Waals surface area (Å²) in [7, 11) is 0. The van der Waals surface area contributed by atoms with E-state index in [4.69, 9.17) is 8.83 Å². The minimum absolute atomic E-state index is 0.0256. The van der Waals surface area contributed by atoms with Crippen LogP contribution in [0.5, 0.6) is 0 Å². The number of para-hydroxylation sites is 3. The van der Waals surface area contributed by atoms with Crippen molar-refractivity contribution in [2.24, 2.45) is 0 Å². The Morgan fingerprint density at radius 2 is 1.21 bits per heavy atom. The van der Waals surface area contributed by atoms with Crippen molar-refractivity contribution >= 4 is 72.5 Å². The Kier molecular flexibility index (Phi) is 14.1. The minimum atomic E-state index is -0.0814. The first kappa shape index (κ1) is 52.9. The van der Waals surface area contributed by atoms with Crippen LogP contribution in [0.1, 0.15) is 92.0 Å². The summed E-state index contributed by atoms with van der Waals surface area (Å²) in [6.07, 6.45) is 5.92. The van der Waals surface area contributed by atoms with Gasteiger partial charge in [0.2, 0.25) is 0 Å². The van der Waals surface area contributed by atoms with E-state index < -0.39 is 0 Å². The molecule has 1 aliphatic rings. The second-order valence-corrected chi connectivity index (χ2v) is 22.7. The highest BCUT2D eigenvalue weighted by molar-refractivity contribution is 6.14. The fourth-order valence-corrected chi connectivity index (χ4v) is 12.1. The average molecular weight is 1040 g/mol. The van der Waals surface area contributed by atoms with Crippen LogP contribution in [0.25, 0.3) is 83.3 Å². The van der Waals surface area contributed by atoms with Crippen LogP contribution in [0.2, 0.25) is 0 Å². The molecule has 3 heterocycles. The molecule has 12 aromatic rings. The van der Waals surface area contributed by atoms with Crippen LogP contribution in [0.3, 0.4) is 0 Å². The van der Waals surface area contributed by atoms with Gasteiger partial charge in [-0.3, -0.25) is 0 Å². The van der Waals surface area contributed by atoms with E-state index in [2.05, 4.69) is 253 Å². The van der Waals surface area contributed by atoms with E-state index in [1.165, 1.54) is 88.5 Å². The summed E-state index contributed by atoms with van der Waals surface area (Å²) >= 11 is 0. The van der Waals surface area contributed by atoms with E-state index in [9.17, 15) is 0 Å². The number of hydrogen-bond donors (Lipinski definition) is 0. The van der Waals surface area contributed by atoms with E-state index in [0.29, 0.717) is 0 Å². The molecule has 3 aromatic heterocycles. The van der Waals surface area contributed by atoms with Crippen molar-refractivity contribution in [3.8, 4) is 27.9 Å². The molecule has 0 atom stereocenters. The number of rotatable bonds is 8. The topological polar surface area (TPSA) is 34.5 Å². The van der Waals surface area contributed by atoms with Crippen LogP contribution in [0.4, 0.5) is 17.1 Å². The van der Waals surface area contributed by atoms with Gasteiger partial charge in [0.15, 0.2) is 0 Å². The van der Waals surface area contributed by atoms with Crippen molar-refractivity contribution in [2.75, 3.05) is 4.90 Å². The average Bonchev–Trinajstić information content (AvgIpc) is 4.26. The molecule has 80 heavy (non-hydrogen) atoms. The molecule has 0 unspecified atom stereocenters. The Morgan fingerprint density at radius 3 is 1.96 bits per heavy atom. The lowest BCUT2D eigenvalue weighted by atomic mass is 9.82. The number of anilines is 3. The zero-order valence-electron chi connectivity index (χ0n) is 47.9. The van der Waals surface area contributed by atoms with Gasteiger partial charge in [0, 0.05) is 49.8 Å². The lowest BCUT2D eigenvalue weighted by Gasteiger charge is -2.31. The molecule has 0 spiro atoms. The number of benzene rings is 9. The molecule has 0 fully saturated rings. The number of furan rings is 2. The van der Waals surface area contributed by atoms with Gasteiger partial charge in [0.25, 0.3) is 0 Å². The van der Waals surface area contributed by atoms with Gasteiger partial charge in [-0.05, 0) is 162 Å². The number of allylic oxidation sites excluding steroid dienone is 3. The highest BCUT2D eigenvalue weighted by Crippen LogP contribution is 2.52. The zero-order valence-corrected chi connectivity index (χ0v) is 47.9. The number of fused-ring (bicyclic) bond motifs is 8. The molecule has 4 nitrogen and oxygen atoms in total.